The number of hydrogen-bond acceptors (Lipinski definition) is 6. The fourth-order valence-corrected chi connectivity index (χ4v) is 4.18. The molecular weight excluding hydrogens is 375 g/mol. The molecule has 0 radical (unpaired) electrons. The standard InChI is InChI=1S/C15H16Cl2N2O6/c16-6-2-1-5(3-7(6)17)4-25-11-10(20)8-9(12(21)22)14(8,18)15(11,19)13(23)24/h1-3,8-11,20H,4,18-19H2,(H,21,22)(H,23,24)/t8-,9-,10+,11-,14-,15-/m1/s1. The van der Waals surface area contributed by atoms with Crippen LogP contribution in [0.15, 0.2) is 18.2 Å². The first kappa shape index (κ1) is 18.4. The van der Waals surface area contributed by atoms with Crippen LogP contribution in [0, 0.1) is 11.8 Å². The summed E-state index contributed by atoms with van der Waals surface area (Å²) in [4.78, 5) is 23.1. The Labute approximate surface area is 152 Å². The number of aliphatic carboxylic acids is 2. The number of rotatable bonds is 5. The predicted molar refractivity (Wildman–Crippen MR) is 87.1 cm³/mol. The first-order valence-electron chi connectivity index (χ1n) is 7.34. The minimum absolute atomic E-state index is 0.106. The summed E-state index contributed by atoms with van der Waals surface area (Å²) in [6.45, 7) is -0.106. The number of hydrogen-bond donors (Lipinski definition) is 5. The highest BCUT2D eigenvalue weighted by molar-refractivity contribution is 6.42. The Morgan fingerprint density at radius 1 is 1.20 bits per heavy atom. The minimum atomic E-state index is -2.24. The maximum absolute atomic E-state index is 11.8. The Morgan fingerprint density at radius 3 is 2.36 bits per heavy atom. The highest BCUT2D eigenvalue weighted by Gasteiger charge is 2.87. The van der Waals surface area contributed by atoms with Gasteiger partial charge in [-0.05, 0) is 17.7 Å². The van der Waals surface area contributed by atoms with E-state index in [-0.39, 0.29) is 11.6 Å². The topological polar surface area (TPSA) is 156 Å². The number of aliphatic hydroxyl groups is 1. The van der Waals surface area contributed by atoms with Gasteiger partial charge >= 0.3 is 11.9 Å². The lowest BCUT2D eigenvalue weighted by molar-refractivity contribution is -0.158. The van der Waals surface area contributed by atoms with E-state index < -0.39 is 47.1 Å². The van der Waals surface area contributed by atoms with E-state index in [2.05, 4.69) is 0 Å². The summed E-state index contributed by atoms with van der Waals surface area (Å²) in [6, 6.07) is 4.69. The fraction of sp³-hybridized carbons (Fsp3) is 0.467. The zero-order valence-electron chi connectivity index (χ0n) is 12.7. The molecule has 2 aliphatic carbocycles. The summed E-state index contributed by atoms with van der Waals surface area (Å²) < 4.78 is 5.54. The van der Waals surface area contributed by atoms with Crippen molar-refractivity contribution in [2.24, 2.45) is 23.3 Å². The van der Waals surface area contributed by atoms with Crippen molar-refractivity contribution < 1.29 is 29.6 Å². The predicted octanol–water partition coefficient (Wildman–Crippen LogP) is 0.0633. The lowest BCUT2D eigenvalue weighted by Crippen LogP contribution is -2.70. The number of aliphatic hydroxyl groups excluding tert-OH is 1. The average molecular weight is 391 g/mol. The largest absolute Gasteiger partial charge is 0.481 e. The van der Waals surface area contributed by atoms with Gasteiger partial charge in [0, 0.05) is 5.92 Å². The summed E-state index contributed by atoms with van der Waals surface area (Å²) in [7, 11) is 0. The quantitative estimate of drug-likeness (QED) is 0.472. The van der Waals surface area contributed by atoms with E-state index >= 15 is 0 Å². The smallest absolute Gasteiger partial charge is 0.328 e. The van der Waals surface area contributed by atoms with E-state index in [4.69, 9.17) is 39.4 Å². The number of nitrogens with two attached hydrogens (primary N) is 2. The van der Waals surface area contributed by atoms with Crippen LogP contribution >= 0.6 is 23.2 Å². The summed E-state index contributed by atoms with van der Waals surface area (Å²) >= 11 is 11.7. The van der Waals surface area contributed by atoms with Crippen LogP contribution in [0.1, 0.15) is 5.56 Å². The lowest BCUT2D eigenvalue weighted by Gasteiger charge is -2.36. The Kier molecular flexibility index (Phi) is 4.26. The van der Waals surface area contributed by atoms with Gasteiger partial charge in [0.05, 0.1) is 34.2 Å². The van der Waals surface area contributed by atoms with Crippen molar-refractivity contribution in [1.82, 2.24) is 0 Å². The molecule has 25 heavy (non-hydrogen) atoms. The summed E-state index contributed by atoms with van der Waals surface area (Å²) in [6.07, 6.45) is -2.79. The van der Waals surface area contributed by atoms with Crippen LogP contribution in [-0.4, -0.2) is 50.5 Å². The van der Waals surface area contributed by atoms with Gasteiger partial charge < -0.3 is 31.5 Å². The van der Waals surface area contributed by atoms with Crippen LogP contribution in [0.5, 0.6) is 0 Å². The van der Waals surface area contributed by atoms with Crippen molar-refractivity contribution in [2.45, 2.75) is 29.9 Å². The van der Waals surface area contributed by atoms with Gasteiger partial charge in [-0.15, -0.1) is 0 Å². The number of carboxylic acids is 2. The third-order valence-corrected chi connectivity index (χ3v) is 5.93. The summed E-state index contributed by atoms with van der Waals surface area (Å²) in [5.74, 6) is -5.07. The van der Waals surface area contributed by atoms with Crippen LogP contribution in [0.4, 0.5) is 0 Å². The number of carbonyl (C=O) groups is 2. The van der Waals surface area contributed by atoms with Gasteiger partial charge in [0.1, 0.15) is 6.10 Å². The first-order valence-corrected chi connectivity index (χ1v) is 8.10. The molecule has 0 amide bonds. The maximum atomic E-state index is 11.8. The van der Waals surface area contributed by atoms with E-state index in [9.17, 15) is 24.9 Å². The van der Waals surface area contributed by atoms with E-state index in [1.54, 1.807) is 12.1 Å². The van der Waals surface area contributed by atoms with Crippen molar-refractivity contribution in [1.29, 1.82) is 0 Å². The first-order chi connectivity index (χ1) is 11.6. The van der Waals surface area contributed by atoms with Gasteiger partial charge in [-0.3, -0.25) is 9.59 Å². The zero-order chi connectivity index (χ0) is 18.7. The van der Waals surface area contributed by atoms with Crippen molar-refractivity contribution in [3.63, 3.8) is 0 Å². The molecule has 0 bridgehead atoms. The fourth-order valence-electron chi connectivity index (χ4n) is 3.86. The van der Waals surface area contributed by atoms with Gasteiger partial charge in [0.2, 0.25) is 0 Å². The molecule has 3 rings (SSSR count). The van der Waals surface area contributed by atoms with Crippen LogP contribution in [0.3, 0.4) is 0 Å². The molecule has 0 spiro atoms. The maximum Gasteiger partial charge on any atom is 0.328 e. The molecule has 6 atom stereocenters. The van der Waals surface area contributed by atoms with Crippen molar-refractivity contribution in [3.8, 4) is 0 Å². The van der Waals surface area contributed by atoms with Crippen LogP contribution < -0.4 is 11.5 Å². The molecule has 1 aromatic carbocycles. The molecule has 0 heterocycles. The molecule has 2 fully saturated rings. The summed E-state index contributed by atoms with van der Waals surface area (Å²) in [5.41, 5.74) is 8.54. The number of ether oxygens (including phenoxy) is 1. The second kappa shape index (κ2) is 5.80. The van der Waals surface area contributed by atoms with Gasteiger partial charge in [0.15, 0.2) is 5.54 Å². The van der Waals surface area contributed by atoms with Crippen LogP contribution in [0.25, 0.3) is 0 Å². The Bertz CT molecular complexity index is 762. The number of fused-ring (bicyclic) bond motifs is 1. The van der Waals surface area contributed by atoms with Gasteiger partial charge in [-0.25, -0.2) is 0 Å². The third-order valence-electron chi connectivity index (χ3n) is 5.19. The Balaban J connectivity index is 1.85. The minimum Gasteiger partial charge on any atom is -0.481 e. The molecule has 2 aliphatic rings. The molecule has 0 aromatic heterocycles. The molecule has 136 valence electrons. The monoisotopic (exact) mass is 390 g/mol. The third kappa shape index (κ3) is 2.37. The Morgan fingerprint density at radius 2 is 1.84 bits per heavy atom. The molecule has 8 nitrogen and oxygen atoms in total. The highest BCUT2D eigenvalue weighted by Crippen LogP contribution is 2.63. The molecule has 10 heteroatoms. The lowest BCUT2D eigenvalue weighted by atomic mass is 9.84. The SMILES string of the molecule is N[C@@]12[C@@H]([C@H](O)[C@@H](OCc3ccc(Cl)c(Cl)c3)[C@@]1(N)C(=O)O)[C@@H]2C(=O)O. The number of halogens is 2. The van der Waals surface area contributed by atoms with Crippen molar-refractivity contribution in [3.05, 3.63) is 33.8 Å². The van der Waals surface area contributed by atoms with Crippen molar-refractivity contribution in [2.75, 3.05) is 0 Å². The van der Waals surface area contributed by atoms with Crippen LogP contribution in [0.2, 0.25) is 10.0 Å². The molecule has 0 aliphatic heterocycles. The van der Waals surface area contributed by atoms with E-state index in [1.165, 1.54) is 6.07 Å². The molecule has 2 saturated carbocycles. The average Bonchev–Trinajstić information content (AvgIpc) is 3.13. The van der Waals surface area contributed by atoms with Crippen molar-refractivity contribution >= 4 is 35.1 Å². The molecule has 7 N–H and O–H groups in total. The second-order valence-corrected chi connectivity index (χ2v) is 7.23. The second-order valence-electron chi connectivity index (χ2n) is 6.42. The molecule has 1 aromatic rings. The van der Waals surface area contributed by atoms with Gasteiger partial charge in [-0.2, -0.15) is 0 Å². The van der Waals surface area contributed by atoms with Gasteiger partial charge in [-0.1, -0.05) is 29.3 Å². The van der Waals surface area contributed by atoms with E-state index in [1.807, 2.05) is 0 Å². The van der Waals surface area contributed by atoms with E-state index in [0.717, 1.165) is 0 Å². The number of benzene rings is 1. The highest BCUT2D eigenvalue weighted by atomic mass is 35.5. The van der Waals surface area contributed by atoms with E-state index in [0.29, 0.717) is 10.6 Å². The zero-order valence-corrected chi connectivity index (χ0v) is 14.2. The normalized spacial score (nSPS) is 39.1. The van der Waals surface area contributed by atoms with Gasteiger partial charge in [0.25, 0.3) is 0 Å². The molecule has 0 unspecified atom stereocenters. The summed E-state index contributed by atoms with van der Waals surface area (Å²) in [5, 5.41) is 29.8. The molecular formula is C15H16Cl2N2O6. The van der Waals surface area contributed by atoms with Crippen LogP contribution in [-0.2, 0) is 20.9 Å². The number of carboxylic acid groups (broad SMARTS) is 2. The molecule has 0 saturated heterocycles. The Hall–Kier alpha value is -1.42.